The van der Waals surface area contributed by atoms with Crippen LogP contribution in [-0.4, -0.2) is 5.11 Å². The maximum Gasteiger partial charge on any atom is 0.174 e. The van der Waals surface area contributed by atoms with Gasteiger partial charge in [0.25, 0.3) is 0 Å². The molecule has 0 aromatic carbocycles. The SMILES string of the molecule is CCCCCC(O)c1ccoc1Br. The van der Waals surface area contributed by atoms with Crippen LogP contribution in [0.3, 0.4) is 0 Å². The van der Waals surface area contributed by atoms with Gasteiger partial charge in [0.2, 0.25) is 0 Å². The summed E-state index contributed by atoms with van der Waals surface area (Å²) >= 11 is 3.25. The van der Waals surface area contributed by atoms with Crippen molar-refractivity contribution in [2.45, 2.75) is 38.7 Å². The predicted octanol–water partition coefficient (Wildman–Crippen LogP) is 3.66. The highest BCUT2D eigenvalue weighted by molar-refractivity contribution is 9.10. The number of hydrogen-bond acceptors (Lipinski definition) is 2. The highest BCUT2D eigenvalue weighted by atomic mass is 79.9. The van der Waals surface area contributed by atoms with Crippen molar-refractivity contribution in [3.05, 3.63) is 22.6 Å². The lowest BCUT2D eigenvalue weighted by Gasteiger charge is -2.07. The molecule has 1 rings (SSSR count). The third-order valence-electron chi connectivity index (χ3n) is 2.09. The molecular weight excluding hydrogens is 232 g/mol. The number of aliphatic hydroxyl groups excluding tert-OH is 1. The minimum Gasteiger partial charge on any atom is -0.457 e. The third-order valence-corrected chi connectivity index (χ3v) is 2.73. The van der Waals surface area contributed by atoms with E-state index in [0.29, 0.717) is 4.67 Å². The van der Waals surface area contributed by atoms with Crippen LogP contribution in [0, 0.1) is 0 Å². The Labute approximate surface area is 87.1 Å². The molecule has 0 spiro atoms. The molecule has 0 aliphatic carbocycles. The molecule has 13 heavy (non-hydrogen) atoms. The van der Waals surface area contributed by atoms with Crippen LogP contribution >= 0.6 is 15.9 Å². The van der Waals surface area contributed by atoms with E-state index in [1.165, 1.54) is 12.8 Å². The number of rotatable bonds is 5. The Bertz CT molecular complexity index is 245. The van der Waals surface area contributed by atoms with Gasteiger partial charge in [0.05, 0.1) is 12.4 Å². The minimum atomic E-state index is -0.389. The van der Waals surface area contributed by atoms with Crippen LogP contribution in [0.2, 0.25) is 0 Å². The highest BCUT2D eigenvalue weighted by Gasteiger charge is 2.12. The number of hydrogen-bond donors (Lipinski definition) is 1. The number of furan rings is 1. The lowest BCUT2D eigenvalue weighted by Crippen LogP contribution is -1.96. The van der Waals surface area contributed by atoms with Crippen molar-refractivity contribution in [2.24, 2.45) is 0 Å². The summed E-state index contributed by atoms with van der Waals surface area (Å²) in [4.78, 5) is 0. The summed E-state index contributed by atoms with van der Waals surface area (Å²) in [5.41, 5.74) is 0.858. The first kappa shape index (κ1) is 10.8. The molecule has 0 saturated carbocycles. The lowest BCUT2D eigenvalue weighted by atomic mass is 10.1. The molecule has 3 heteroatoms. The van der Waals surface area contributed by atoms with Gasteiger partial charge in [0.1, 0.15) is 0 Å². The van der Waals surface area contributed by atoms with Crippen LogP contribution < -0.4 is 0 Å². The van der Waals surface area contributed by atoms with Crippen molar-refractivity contribution < 1.29 is 9.52 Å². The van der Waals surface area contributed by atoms with E-state index in [1.807, 2.05) is 0 Å². The Morgan fingerprint density at radius 2 is 2.31 bits per heavy atom. The van der Waals surface area contributed by atoms with Crippen LogP contribution in [0.25, 0.3) is 0 Å². The molecule has 1 unspecified atom stereocenters. The van der Waals surface area contributed by atoms with Gasteiger partial charge in [-0.1, -0.05) is 26.2 Å². The molecule has 0 fully saturated rings. The van der Waals surface area contributed by atoms with Crippen molar-refractivity contribution >= 4 is 15.9 Å². The fraction of sp³-hybridized carbons (Fsp3) is 0.600. The van der Waals surface area contributed by atoms with Crippen LogP contribution in [0.4, 0.5) is 0 Å². The van der Waals surface area contributed by atoms with Crippen molar-refractivity contribution in [3.63, 3.8) is 0 Å². The van der Waals surface area contributed by atoms with E-state index in [2.05, 4.69) is 22.9 Å². The molecule has 2 nitrogen and oxygen atoms in total. The smallest absolute Gasteiger partial charge is 0.174 e. The Morgan fingerprint density at radius 3 is 2.85 bits per heavy atom. The first-order chi connectivity index (χ1) is 6.25. The normalized spacial score (nSPS) is 13.2. The zero-order valence-corrected chi connectivity index (χ0v) is 9.38. The zero-order chi connectivity index (χ0) is 9.68. The second kappa shape index (κ2) is 5.45. The average Bonchev–Trinajstić information content (AvgIpc) is 2.52. The number of unbranched alkanes of at least 4 members (excludes halogenated alkanes) is 2. The van der Waals surface area contributed by atoms with E-state index in [9.17, 15) is 5.11 Å². The van der Waals surface area contributed by atoms with Gasteiger partial charge in [0.15, 0.2) is 4.67 Å². The summed E-state index contributed by atoms with van der Waals surface area (Å²) < 4.78 is 5.70. The van der Waals surface area contributed by atoms with Crippen LogP contribution in [0.5, 0.6) is 0 Å². The second-order valence-corrected chi connectivity index (χ2v) is 3.88. The Balaban J connectivity index is 2.39. The number of halogens is 1. The van der Waals surface area contributed by atoms with Gasteiger partial charge in [-0.2, -0.15) is 0 Å². The van der Waals surface area contributed by atoms with Gasteiger partial charge >= 0.3 is 0 Å². The maximum atomic E-state index is 9.73. The van der Waals surface area contributed by atoms with Gasteiger partial charge in [0, 0.05) is 5.56 Å². The van der Waals surface area contributed by atoms with Crippen LogP contribution in [0.15, 0.2) is 21.4 Å². The van der Waals surface area contributed by atoms with Crippen LogP contribution in [0.1, 0.15) is 44.3 Å². The molecule has 0 amide bonds. The Morgan fingerprint density at radius 1 is 1.54 bits per heavy atom. The summed E-state index contributed by atoms with van der Waals surface area (Å²) in [6, 6.07) is 1.81. The molecule has 0 aliphatic heterocycles. The lowest BCUT2D eigenvalue weighted by molar-refractivity contribution is 0.161. The molecule has 0 saturated heterocycles. The van der Waals surface area contributed by atoms with E-state index in [-0.39, 0.29) is 6.10 Å². The van der Waals surface area contributed by atoms with E-state index in [1.54, 1.807) is 12.3 Å². The van der Waals surface area contributed by atoms with Gasteiger partial charge in [-0.05, 0) is 28.4 Å². The van der Waals surface area contributed by atoms with E-state index in [4.69, 9.17) is 4.42 Å². The maximum absolute atomic E-state index is 9.73. The first-order valence-corrected chi connectivity index (χ1v) is 5.46. The fourth-order valence-corrected chi connectivity index (χ4v) is 1.79. The van der Waals surface area contributed by atoms with Crippen molar-refractivity contribution in [1.29, 1.82) is 0 Å². The summed E-state index contributed by atoms with van der Waals surface area (Å²) in [6.07, 6.45) is 5.43. The van der Waals surface area contributed by atoms with Crippen LogP contribution in [-0.2, 0) is 0 Å². The summed E-state index contributed by atoms with van der Waals surface area (Å²) in [5, 5.41) is 9.73. The topological polar surface area (TPSA) is 33.4 Å². The molecule has 1 atom stereocenters. The molecule has 1 N–H and O–H groups in total. The largest absolute Gasteiger partial charge is 0.457 e. The first-order valence-electron chi connectivity index (χ1n) is 4.66. The highest BCUT2D eigenvalue weighted by Crippen LogP contribution is 2.27. The van der Waals surface area contributed by atoms with Crippen molar-refractivity contribution in [3.8, 4) is 0 Å². The monoisotopic (exact) mass is 246 g/mol. The molecular formula is C10H15BrO2. The third kappa shape index (κ3) is 3.16. The summed E-state index contributed by atoms with van der Waals surface area (Å²) in [6.45, 7) is 2.15. The summed E-state index contributed by atoms with van der Waals surface area (Å²) in [7, 11) is 0. The molecule has 74 valence electrons. The zero-order valence-electron chi connectivity index (χ0n) is 7.79. The average molecular weight is 247 g/mol. The fourth-order valence-electron chi connectivity index (χ4n) is 1.29. The molecule has 1 aromatic rings. The molecule has 1 heterocycles. The minimum absolute atomic E-state index is 0.389. The van der Waals surface area contributed by atoms with E-state index < -0.39 is 0 Å². The Kier molecular flexibility index (Phi) is 4.53. The van der Waals surface area contributed by atoms with Gasteiger partial charge < -0.3 is 9.52 Å². The molecule has 0 radical (unpaired) electrons. The van der Waals surface area contributed by atoms with Gasteiger partial charge in [-0.3, -0.25) is 0 Å². The number of aliphatic hydroxyl groups is 1. The van der Waals surface area contributed by atoms with Gasteiger partial charge in [-0.25, -0.2) is 0 Å². The van der Waals surface area contributed by atoms with E-state index in [0.717, 1.165) is 18.4 Å². The molecule has 1 aromatic heterocycles. The second-order valence-electron chi connectivity index (χ2n) is 3.16. The standard InChI is InChI=1S/C10H15BrO2/c1-2-3-4-5-9(12)8-6-7-13-10(8)11/h6-7,9,12H,2-5H2,1H3. The summed E-state index contributed by atoms with van der Waals surface area (Å²) in [5.74, 6) is 0. The van der Waals surface area contributed by atoms with Gasteiger partial charge in [-0.15, -0.1) is 0 Å². The van der Waals surface area contributed by atoms with E-state index >= 15 is 0 Å². The quantitative estimate of drug-likeness (QED) is 0.805. The predicted molar refractivity (Wildman–Crippen MR) is 55.5 cm³/mol. The Hall–Kier alpha value is -0.280. The molecule has 0 bridgehead atoms. The van der Waals surface area contributed by atoms with Crippen molar-refractivity contribution in [2.75, 3.05) is 0 Å². The molecule has 0 aliphatic rings. The van der Waals surface area contributed by atoms with Crippen molar-refractivity contribution in [1.82, 2.24) is 0 Å².